The molecule has 0 spiro atoms. The minimum atomic E-state index is 0.115. The van der Waals surface area contributed by atoms with Gasteiger partial charge in [-0.15, -0.1) is 0 Å². The lowest BCUT2D eigenvalue weighted by atomic mass is 10.1. The van der Waals surface area contributed by atoms with Gasteiger partial charge in [0.25, 0.3) is 0 Å². The van der Waals surface area contributed by atoms with Gasteiger partial charge in [-0.3, -0.25) is 0 Å². The Bertz CT molecular complexity index is 605. The zero-order valence-electron chi connectivity index (χ0n) is 11.7. The molecule has 0 aliphatic heterocycles. The topological polar surface area (TPSA) is 79.7 Å². The molecule has 0 atom stereocenters. The van der Waals surface area contributed by atoms with E-state index in [0.717, 1.165) is 24.5 Å². The third kappa shape index (κ3) is 3.09. The molecule has 1 aromatic heterocycles. The van der Waals surface area contributed by atoms with Crippen molar-refractivity contribution in [3.05, 3.63) is 48.0 Å². The number of amidine groups is 1. The first-order valence-electron chi connectivity index (χ1n) is 6.37. The molecule has 6 nitrogen and oxygen atoms in total. The van der Waals surface area contributed by atoms with E-state index >= 15 is 0 Å². The van der Waals surface area contributed by atoms with Crippen molar-refractivity contribution in [1.29, 1.82) is 0 Å². The first-order chi connectivity index (χ1) is 9.61. The van der Waals surface area contributed by atoms with E-state index in [1.54, 1.807) is 6.20 Å². The molecule has 106 valence electrons. The van der Waals surface area contributed by atoms with Crippen molar-refractivity contribution in [3.8, 4) is 0 Å². The van der Waals surface area contributed by atoms with Gasteiger partial charge in [0.05, 0.1) is 0 Å². The number of nitrogens with two attached hydrogens (primary N) is 1. The summed E-state index contributed by atoms with van der Waals surface area (Å²) in [6.45, 7) is 0.838. The molecule has 0 radical (unpaired) electrons. The summed E-state index contributed by atoms with van der Waals surface area (Å²) in [5.74, 6) is 1.16. The Kier molecular flexibility index (Phi) is 4.24. The van der Waals surface area contributed by atoms with Crippen molar-refractivity contribution in [2.45, 2.75) is 6.42 Å². The molecular formula is C14H19N5O. The van der Waals surface area contributed by atoms with Gasteiger partial charge in [-0.05, 0) is 12.1 Å². The van der Waals surface area contributed by atoms with Gasteiger partial charge in [-0.1, -0.05) is 17.3 Å². The molecule has 3 N–H and O–H groups in total. The van der Waals surface area contributed by atoms with Crippen LogP contribution in [-0.4, -0.2) is 34.2 Å². The summed E-state index contributed by atoms with van der Waals surface area (Å²) in [7, 11) is 4.00. The van der Waals surface area contributed by atoms with Crippen LogP contribution in [0.1, 0.15) is 11.4 Å². The van der Waals surface area contributed by atoms with Gasteiger partial charge in [-0.25, -0.2) is 4.98 Å². The lowest BCUT2D eigenvalue weighted by Gasteiger charge is -2.19. The third-order valence-electron chi connectivity index (χ3n) is 3.28. The number of aryl methyl sites for hydroxylation is 1. The Morgan fingerprint density at radius 2 is 2.30 bits per heavy atom. The number of imidazole rings is 1. The zero-order chi connectivity index (χ0) is 14.5. The van der Waals surface area contributed by atoms with Crippen LogP contribution in [-0.2, 0) is 13.5 Å². The van der Waals surface area contributed by atoms with Crippen molar-refractivity contribution >= 4 is 11.5 Å². The number of nitrogens with zero attached hydrogens (tertiary/aromatic N) is 4. The van der Waals surface area contributed by atoms with Crippen molar-refractivity contribution in [2.24, 2.45) is 17.9 Å². The lowest BCUT2D eigenvalue weighted by Crippen LogP contribution is -2.22. The van der Waals surface area contributed by atoms with Crippen molar-refractivity contribution in [1.82, 2.24) is 9.55 Å². The molecule has 0 unspecified atom stereocenters. The van der Waals surface area contributed by atoms with E-state index in [1.807, 2.05) is 49.1 Å². The Morgan fingerprint density at radius 1 is 1.50 bits per heavy atom. The minimum absolute atomic E-state index is 0.115. The average Bonchev–Trinajstić information content (AvgIpc) is 2.89. The first-order valence-corrected chi connectivity index (χ1v) is 6.37. The van der Waals surface area contributed by atoms with Gasteiger partial charge in [0.2, 0.25) is 0 Å². The van der Waals surface area contributed by atoms with Crippen molar-refractivity contribution in [3.63, 3.8) is 0 Å². The number of oxime groups is 1. The molecule has 0 bridgehead atoms. The predicted octanol–water partition coefficient (Wildman–Crippen LogP) is 1.19. The summed E-state index contributed by atoms with van der Waals surface area (Å²) < 4.78 is 2.01. The quantitative estimate of drug-likeness (QED) is 0.371. The molecule has 0 saturated heterocycles. The number of anilines is 1. The summed E-state index contributed by atoms with van der Waals surface area (Å²) in [4.78, 5) is 6.42. The van der Waals surface area contributed by atoms with E-state index in [9.17, 15) is 0 Å². The molecule has 0 amide bonds. The van der Waals surface area contributed by atoms with E-state index in [0.29, 0.717) is 5.56 Å². The van der Waals surface area contributed by atoms with Gasteiger partial charge in [0.15, 0.2) is 5.84 Å². The highest BCUT2D eigenvalue weighted by Crippen LogP contribution is 2.15. The number of likely N-dealkylation sites (N-methyl/N-ethyl adjacent to an activating group) is 1. The van der Waals surface area contributed by atoms with Crippen LogP contribution in [0.25, 0.3) is 0 Å². The lowest BCUT2D eigenvalue weighted by molar-refractivity contribution is 0.318. The van der Waals surface area contributed by atoms with Crippen LogP contribution >= 0.6 is 0 Å². The molecule has 1 heterocycles. The van der Waals surface area contributed by atoms with E-state index in [-0.39, 0.29) is 5.84 Å². The molecule has 2 rings (SSSR count). The number of hydrogen-bond acceptors (Lipinski definition) is 4. The summed E-state index contributed by atoms with van der Waals surface area (Å²) in [5.41, 5.74) is 7.32. The van der Waals surface area contributed by atoms with Crippen LogP contribution in [0.3, 0.4) is 0 Å². The maximum absolute atomic E-state index is 8.71. The number of rotatable bonds is 5. The maximum Gasteiger partial charge on any atom is 0.170 e. The maximum atomic E-state index is 8.71. The second kappa shape index (κ2) is 6.10. The molecule has 0 aliphatic rings. The number of hydrogen-bond donors (Lipinski definition) is 2. The fraction of sp³-hybridized carbons (Fsp3) is 0.286. The second-order valence-electron chi connectivity index (χ2n) is 4.66. The van der Waals surface area contributed by atoms with Crippen LogP contribution in [0.2, 0.25) is 0 Å². The van der Waals surface area contributed by atoms with Crippen molar-refractivity contribution in [2.75, 3.05) is 18.5 Å². The zero-order valence-corrected chi connectivity index (χ0v) is 11.7. The second-order valence-corrected chi connectivity index (χ2v) is 4.66. The monoisotopic (exact) mass is 273 g/mol. The molecular weight excluding hydrogens is 254 g/mol. The highest BCUT2D eigenvalue weighted by molar-refractivity contribution is 5.97. The summed E-state index contributed by atoms with van der Waals surface area (Å²) in [6, 6.07) is 7.59. The average molecular weight is 273 g/mol. The van der Waals surface area contributed by atoms with Crippen LogP contribution in [0.15, 0.2) is 41.8 Å². The van der Waals surface area contributed by atoms with Gasteiger partial charge in [-0.2, -0.15) is 0 Å². The standard InChI is InChI=1S/C14H19N5O/c1-18(8-6-13-16-7-9-19(13)2)12-5-3-4-11(10-12)14(15)17-20/h3-5,7,9-10,20H,6,8H2,1-2H3,(H2,15,17). The van der Waals surface area contributed by atoms with Gasteiger partial charge >= 0.3 is 0 Å². The fourth-order valence-electron chi connectivity index (χ4n) is 1.99. The smallest absolute Gasteiger partial charge is 0.170 e. The predicted molar refractivity (Wildman–Crippen MR) is 79.1 cm³/mol. The van der Waals surface area contributed by atoms with E-state index in [2.05, 4.69) is 15.0 Å². The van der Waals surface area contributed by atoms with Gasteiger partial charge in [0, 0.05) is 50.7 Å². The summed E-state index contributed by atoms with van der Waals surface area (Å²) >= 11 is 0. The summed E-state index contributed by atoms with van der Waals surface area (Å²) in [5, 5.41) is 11.7. The molecule has 20 heavy (non-hydrogen) atoms. The van der Waals surface area contributed by atoms with Gasteiger partial charge < -0.3 is 20.4 Å². The van der Waals surface area contributed by atoms with Crippen LogP contribution in [0.5, 0.6) is 0 Å². The minimum Gasteiger partial charge on any atom is -0.409 e. The molecule has 6 heteroatoms. The van der Waals surface area contributed by atoms with E-state index in [4.69, 9.17) is 10.9 Å². The fourth-order valence-corrected chi connectivity index (χ4v) is 1.99. The molecule has 2 aromatic rings. The normalized spacial score (nSPS) is 11.6. The van der Waals surface area contributed by atoms with Crippen LogP contribution < -0.4 is 10.6 Å². The Hall–Kier alpha value is -2.50. The molecule has 0 aliphatic carbocycles. The number of aromatic nitrogens is 2. The molecule has 0 fully saturated rings. The highest BCUT2D eigenvalue weighted by atomic mass is 16.4. The largest absolute Gasteiger partial charge is 0.409 e. The van der Waals surface area contributed by atoms with E-state index in [1.165, 1.54) is 0 Å². The Morgan fingerprint density at radius 3 is 2.95 bits per heavy atom. The van der Waals surface area contributed by atoms with Crippen molar-refractivity contribution < 1.29 is 5.21 Å². The van der Waals surface area contributed by atoms with Crippen LogP contribution in [0, 0.1) is 0 Å². The Balaban J connectivity index is 2.06. The number of benzene rings is 1. The molecule has 1 aromatic carbocycles. The SMILES string of the molecule is CN(CCc1nccn1C)c1cccc(/C(N)=N/O)c1. The Labute approximate surface area is 118 Å². The summed E-state index contributed by atoms with van der Waals surface area (Å²) in [6.07, 6.45) is 4.59. The third-order valence-corrected chi connectivity index (χ3v) is 3.28. The molecule has 0 saturated carbocycles. The first kappa shape index (κ1) is 13.9. The van der Waals surface area contributed by atoms with Crippen LogP contribution in [0.4, 0.5) is 5.69 Å². The highest BCUT2D eigenvalue weighted by Gasteiger charge is 2.06. The van der Waals surface area contributed by atoms with E-state index < -0.39 is 0 Å². The van der Waals surface area contributed by atoms with Gasteiger partial charge in [0.1, 0.15) is 5.82 Å².